The van der Waals surface area contributed by atoms with E-state index in [0.29, 0.717) is 25.0 Å². The summed E-state index contributed by atoms with van der Waals surface area (Å²) < 4.78 is 18.8. The molecule has 4 rings (SSSR count). The Labute approximate surface area is 141 Å². The molecule has 2 aromatic rings. The van der Waals surface area contributed by atoms with Gasteiger partial charge in [-0.25, -0.2) is 0 Å². The summed E-state index contributed by atoms with van der Waals surface area (Å²) in [5, 5.41) is 8.07. The van der Waals surface area contributed by atoms with Crippen molar-refractivity contribution >= 4 is 0 Å². The van der Waals surface area contributed by atoms with Gasteiger partial charge in [-0.05, 0) is 37.0 Å². The predicted octanol–water partition coefficient (Wildman–Crippen LogP) is 2.37. The first kappa shape index (κ1) is 15.3. The molecule has 6 heteroatoms. The van der Waals surface area contributed by atoms with Crippen LogP contribution in [0.25, 0.3) is 0 Å². The van der Waals surface area contributed by atoms with Crippen LogP contribution in [0.5, 0.6) is 17.2 Å². The second-order valence-corrected chi connectivity index (χ2v) is 6.32. The Hall–Kier alpha value is -2.21. The lowest BCUT2D eigenvalue weighted by Gasteiger charge is -2.25. The summed E-state index contributed by atoms with van der Waals surface area (Å²) >= 11 is 0. The van der Waals surface area contributed by atoms with E-state index in [1.165, 1.54) is 17.7 Å². The molecule has 1 aliphatic heterocycles. The van der Waals surface area contributed by atoms with Crippen molar-refractivity contribution in [3.63, 3.8) is 0 Å². The van der Waals surface area contributed by atoms with Crippen LogP contribution in [0.2, 0.25) is 0 Å². The Morgan fingerprint density at radius 2 is 2.21 bits per heavy atom. The maximum Gasteiger partial charge on any atom is 0.203 e. The largest absolute Gasteiger partial charge is 0.493 e. The van der Waals surface area contributed by atoms with Crippen LogP contribution >= 0.6 is 0 Å². The van der Waals surface area contributed by atoms with Crippen molar-refractivity contribution in [3.05, 3.63) is 35.2 Å². The molecule has 0 bridgehead atoms. The van der Waals surface area contributed by atoms with Crippen LogP contribution in [0.3, 0.4) is 0 Å². The highest BCUT2D eigenvalue weighted by Gasteiger charge is 2.24. The molecular formula is C18H23N3O3. The average molecular weight is 329 g/mol. The molecule has 1 N–H and O–H groups in total. The van der Waals surface area contributed by atoms with Crippen molar-refractivity contribution < 1.29 is 14.2 Å². The van der Waals surface area contributed by atoms with Gasteiger partial charge in [-0.3, -0.25) is 4.68 Å². The Morgan fingerprint density at radius 3 is 3.08 bits per heavy atom. The van der Waals surface area contributed by atoms with Crippen LogP contribution in [0.4, 0.5) is 0 Å². The molecular weight excluding hydrogens is 306 g/mol. The first-order valence-corrected chi connectivity index (χ1v) is 8.47. The second-order valence-electron chi connectivity index (χ2n) is 6.32. The molecule has 2 aliphatic rings. The van der Waals surface area contributed by atoms with Crippen LogP contribution in [0.1, 0.15) is 35.7 Å². The van der Waals surface area contributed by atoms with Gasteiger partial charge in [-0.2, -0.15) is 5.10 Å². The lowest BCUT2D eigenvalue weighted by atomic mass is 9.93. The SMILES string of the molecule is COc1cc(CN[C@@H]2CCCc3c2cnn3C)cc2c1OCCO2. The average Bonchev–Trinajstić information content (AvgIpc) is 3.01. The quantitative estimate of drug-likeness (QED) is 0.933. The molecule has 2 heterocycles. The number of ether oxygens (including phenoxy) is 3. The first-order valence-electron chi connectivity index (χ1n) is 8.47. The van der Waals surface area contributed by atoms with E-state index in [9.17, 15) is 0 Å². The third kappa shape index (κ3) is 2.71. The summed E-state index contributed by atoms with van der Waals surface area (Å²) in [5.41, 5.74) is 3.80. The van der Waals surface area contributed by atoms with Gasteiger partial charge < -0.3 is 19.5 Å². The van der Waals surface area contributed by atoms with Crippen molar-refractivity contribution in [2.24, 2.45) is 7.05 Å². The zero-order valence-electron chi connectivity index (χ0n) is 14.2. The number of nitrogens with one attached hydrogen (secondary N) is 1. The number of hydrogen-bond acceptors (Lipinski definition) is 5. The van der Waals surface area contributed by atoms with Crippen LogP contribution in [-0.2, 0) is 20.0 Å². The van der Waals surface area contributed by atoms with E-state index in [-0.39, 0.29) is 0 Å². The van der Waals surface area contributed by atoms with Gasteiger partial charge in [-0.1, -0.05) is 0 Å². The number of aromatic nitrogens is 2. The molecule has 0 saturated carbocycles. The Balaban J connectivity index is 1.52. The Bertz CT molecular complexity index is 724. The molecule has 0 spiro atoms. The summed E-state index contributed by atoms with van der Waals surface area (Å²) in [6.07, 6.45) is 5.44. The van der Waals surface area contributed by atoms with Gasteiger partial charge >= 0.3 is 0 Å². The van der Waals surface area contributed by atoms with Crippen molar-refractivity contribution in [3.8, 4) is 17.2 Å². The number of fused-ring (bicyclic) bond motifs is 2. The molecule has 24 heavy (non-hydrogen) atoms. The standard InChI is InChI=1S/C18H23N3O3/c1-21-15-5-3-4-14(13(15)11-20-21)19-10-12-8-16(22-2)18-17(9-12)23-6-7-24-18/h8-9,11,14,19H,3-7,10H2,1-2H3/t14-/m1/s1. The lowest BCUT2D eigenvalue weighted by molar-refractivity contribution is 0.165. The molecule has 6 nitrogen and oxygen atoms in total. The lowest BCUT2D eigenvalue weighted by Crippen LogP contribution is -2.25. The number of benzene rings is 1. The third-order valence-corrected chi connectivity index (χ3v) is 4.82. The van der Waals surface area contributed by atoms with Crippen molar-refractivity contribution in [1.29, 1.82) is 0 Å². The van der Waals surface area contributed by atoms with Crippen molar-refractivity contribution in [1.82, 2.24) is 15.1 Å². The fourth-order valence-electron chi connectivity index (χ4n) is 3.59. The Kier molecular flexibility index (Phi) is 4.06. The van der Waals surface area contributed by atoms with E-state index in [1.54, 1.807) is 7.11 Å². The smallest absolute Gasteiger partial charge is 0.203 e. The molecule has 1 aromatic heterocycles. The van der Waals surface area contributed by atoms with Gasteiger partial charge in [0.2, 0.25) is 5.75 Å². The number of methoxy groups -OCH3 is 1. The molecule has 0 radical (unpaired) electrons. The summed E-state index contributed by atoms with van der Waals surface area (Å²) in [4.78, 5) is 0. The van der Waals surface area contributed by atoms with Crippen molar-refractivity contribution in [2.75, 3.05) is 20.3 Å². The van der Waals surface area contributed by atoms with Gasteiger partial charge in [0.1, 0.15) is 13.2 Å². The summed E-state index contributed by atoms with van der Waals surface area (Å²) in [6, 6.07) is 4.41. The third-order valence-electron chi connectivity index (χ3n) is 4.82. The molecule has 0 saturated heterocycles. The summed E-state index contributed by atoms with van der Waals surface area (Å²) in [7, 11) is 3.68. The highest BCUT2D eigenvalue weighted by molar-refractivity contribution is 5.54. The van der Waals surface area contributed by atoms with E-state index in [2.05, 4.69) is 10.4 Å². The van der Waals surface area contributed by atoms with Gasteiger partial charge in [0, 0.05) is 30.9 Å². The minimum absolute atomic E-state index is 0.349. The first-order chi connectivity index (χ1) is 11.8. The number of hydrogen-bond donors (Lipinski definition) is 1. The molecule has 1 atom stereocenters. The van der Waals surface area contributed by atoms with E-state index >= 15 is 0 Å². The summed E-state index contributed by atoms with van der Waals surface area (Å²) in [6.45, 7) is 1.90. The van der Waals surface area contributed by atoms with E-state index in [0.717, 1.165) is 36.4 Å². The maximum atomic E-state index is 5.71. The minimum Gasteiger partial charge on any atom is -0.493 e. The van der Waals surface area contributed by atoms with Crippen molar-refractivity contribution in [2.45, 2.75) is 31.8 Å². The number of nitrogens with zero attached hydrogens (tertiary/aromatic N) is 2. The number of aryl methyl sites for hydroxylation is 1. The minimum atomic E-state index is 0.349. The van der Waals surface area contributed by atoms with E-state index in [1.807, 2.05) is 30.1 Å². The zero-order chi connectivity index (χ0) is 16.5. The van der Waals surface area contributed by atoms with Gasteiger partial charge in [0.25, 0.3) is 0 Å². The zero-order valence-corrected chi connectivity index (χ0v) is 14.2. The fourth-order valence-corrected chi connectivity index (χ4v) is 3.59. The van der Waals surface area contributed by atoms with Crippen LogP contribution in [0, 0.1) is 0 Å². The molecule has 0 fully saturated rings. The van der Waals surface area contributed by atoms with Gasteiger partial charge in [-0.15, -0.1) is 0 Å². The second kappa shape index (κ2) is 6.36. The molecule has 0 unspecified atom stereocenters. The molecule has 1 aromatic carbocycles. The monoisotopic (exact) mass is 329 g/mol. The van der Waals surface area contributed by atoms with Crippen LogP contribution < -0.4 is 19.5 Å². The predicted molar refractivity (Wildman–Crippen MR) is 89.7 cm³/mol. The van der Waals surface area contributed by atoms with Gasteiger partial charge in [0.05, 0.1) is 13.3 Å². The molecule has 128 valence electrons. The summed E-state index contributed by atoms with van der Waals surface area (Å²) in [5.74, 6) is 2.21. The maximum absolute atomic E-state index is 5.71. The van der Waals surface area contributed by atoms with Gasteiger partial charge in [0.15, 0.2) is 11.5 Å². The van der Waals surface area contributed by atoms with Crippen LogP contribution in [0.15, 0.2) is 18.3 Å². The van der Waals surface area contributed by atoms with E-state index in [4.69, 9.17) is 14.2 Å². The normalized spacial score (nSPS) is 19.0. The highest BCUT2D eigenvalue weighted by Crippen LogP contribution is 2.40. The van der Waals surface area contributed by atoms with E-state index < -0.39 is 0 Å². The fraction of sp³-hybridized carbons (Fsp3) is 0.500. The number of rotatable bonds is 4. The molecule has 0 amide bonds. The topological polar surface area (TPSA) is 57.5 Å². The van der Waals surface area contributed by atoms with Crippen LogP contribution in [-0.4, -0.2) is 30.1 Å². The highest BCUT2D eigenvalue weighted by atomic mass is 16.6. The Morgan fingerprint density at radius 1 is 1.33 bits per heavy atom. The molecule has 1 aliphatic carbocycles.